The fourth-order valence-corrected chi connectivity index (χ4v) is 5.19. The Morgan fingerprint density at radius 2 is 1.63 bits per heavy atom. The standard InChI is InChI=1S/C32H45ClO5/c1-3-5-6-7-8-9-10-11-12-13-32(35)37-23-31-29(34)20-21-30(38-31)25-16-19-28(33)27(22-25)24-14-17-26(18-15-24)36-4-2/h14-19,22,29-31,34H,3-13,20-21,23H2,1-2H3/t29-,30?,31-/m1/s1. The number of halogens is 1. The number of carbonyl (C=O) groups excluding carboxylic acids is 1. The van der Waals surface area contributed by atoms with Gasteiger partial charge in [0.1, 0.15) is 18.5 Å². The van der Waals surface area contributed by atoms with Gasteiger partial charge in [0.25, 0.3) is 0 Å². The molecule has 1 heterocycles. The average molecular weight is 545 g/mol. The maximum atomic E-state index is 12.3. The molecule has 1 unspecified atom stereocenters. The second-order valence-corrected chi connectivity index (χ2v) is 10.7. The number of hydrogen-bond donors (Lipinski definition) is 1. The largest absolute Gasteiger partial charge is 0.494 e. The zero-order valence-electron chi connectivity index (χ0n) is 23.1. The van der Waals surface area contributed by atoms with Crippen LogP contribution in [-0.4, -0.2) is 36.5 Å². The molecule has 1 saturated heterocycles. The van der Waals surface area contributed by atoms with Crippen molar-refractivity contribution in [3.8, 4) is 16.9 Å². The van der Waals surface area contributed by atoms with Gasteiger partial charge in [-0.1, -0.05) is 88.1 Å². The van der Waals surface area contributed by atoms with Crippen molar-refractivity contribution in [2.75, 3.05) is 13.2 Å². The molecule has 0 aliphatic carbocycles. The first-order valence-electron chi connectivity index (χ1n) is 14.5. The number of aliphatic hydroxyl groups is 1. The molecule has 0 bridgehead atoms. The summed E-state index contributed by atoms with van der Waals surface area (Å²) in [4.78, 5) is 12.3. The number of hydrogen-bond acceptors (Lipinski definition) is 5. The van der Waals surface area contributed by atoms with Crippen molar-refractivity contribution < 1.29 is 24.1 Å². The molecule has 2 aromatic carbocycles. The molecule has 210 valence electrons. The van der Waals surface area contributed by atoms with Crippen LogP contribution in [0.15, 0.2) is 42.5 Å². The zero-order valence-corrected chi connectivity index (χ0v) is 23.9. The fourth-order valence-electron chi connectivity index (χ4n) is 4.96. The Hall–Kier alpha value is -2.08. The predicted molar refractivity (Wildman–Crippen MR) is 154 cm³/mol. The van der Waals surface area contributed by atoms with E-state index in [-0.39, 0.29) is 18.7 Å². The lowest BCUT2D eigenvalue weighted by Gasteiger charge is -2.34. The third-order valence-electron chi connectivity index (χ3n) is 7.22. The van der Waals surface area contributed by atoms with E-state index < -0.39 is 12.2 Å². The Morgan fingerprint density at radius 1 is 0.947 bits per heavy atom. The second-order valence-electron chi connectivity index (χ2n) is 10.3. The fraction of sp³-hybridized carbons (Fsp3) is 0.594. The van der Waals surface area contributed by atoms with E-state index in [0.717, 1.165) is 35.3 Å². The van der Waals surface area contributed by atoms with Crippen LogP contribution in [0.4, 0.5) is 0 Å². The van der Waals surface area contributed by atoms with Crippen LogP contribution >= 0.6 is 11.6 Å². The molecule has 1 N–H and O–H groups in total. The Labute approximate surface area is 233 Å². The molecule has 0 radical (unpaired) electrons. The summed E-state index contributed by atoms with van der Waals surface area (Å²) in [5.41, 5.74) is 2.92. The summed E-state index contributed by atoms with van der Waals surface area (Å²) in [6.07, 6.45) is 11.2. The normalized spacial score (nSPS) is 19.3. The highest BCUT2D eigenvalue weighted by molar-refractivity contribution is 6.33. The van der Waals surface area contributed by atoms with Crippen molar-refractivity contribution in [1.82, 2.24) is 0 Å². The van der Waals surface area contributed by atoms with Gasteiger partial charge in [0.2, 0.25) is 0 Å². The van der Waals surface area contributed by atoms with E-state index >= 15 is 0 Å². The van der Waals surface area contributed by atoms with Gasteiger partial charge >= 0.3 is 5.97 Å². The first-order chi connectivity index (χ1) is 18.5. The lowest BCUT2D eigenvalue weighted by molar-refractivity contribution is -0.165. The Kier molecular flexibility index (Phi) is 13.5. The van der Waals surface area contributed by atoms with Crippen molar-refractivity contribution in [1.29, 1.82) is 0 Å². The molecule has 1 aliphatic heterocycles. The molecule has 5 nitrogen and oxygen atoms in total. The van der Waals surface area contributed by atoms with Crippen LogP contribution in [0.3, 0.4) is 0 Å². The minimum Gasteiger partial charge on any atom is -0.494 e. The van der Waals surface area contributed by atoms with E-state index in [2.05, 4.69) is 6.92 Å². The summed E-state index contributed by atoms with van der Waals surface area (Å²) in [7, 11) is 0. The SMILES string of the molecule is CCCCCCCCCCCC(=O)OC[C@H]1OC(c2ccc(Cl)c(-c3ccc(OCC)cc3)c2)CC[C@H]1O. The van der Waals surface area contributed by atoms with E-state index in [1.807, 2.05) is 49.4 Å². The van der Waals surface area contributed by atoms with Crippen LogP contribution in [0.5, 0.6) is 5.75 Å². The topological polar surface area (TPSA) is 65.0 Å². The minimum absolute atomic E-state index is 0.0767. The summed E-state index contributed by atoms with van der Waals surface area (Å²) >= 11 is 6.53. The molecule has 0 saturated carbocycles. The van der Waals surface area contributed by atoms with E-state index in [1.165, 1.54) is 44.9 Å². The highest BCUT2D eigenvalue weighted by atomic mass is 35.5. The van der Waals surface area contributed by atoms with Crippen LogP contribution < -0.4 is 4.74 Å². The maximum Gasteiger partial charge on any atom is 0.305 e. The van der Waals surface area contributed by atoms with E-state index in [0.29, 0.717) is 30.9 Å². The first-order valence-corrected chi connectivity index (χ1v) is 14.9. The maximum absolute atomic E-state index is 12.3. The molecule has 1 aliphatic rings. The van der Waals surface area contributed by atoms with Gasteiger partial charge < -0.3 is 19.3 Å². The van der Waals surface area contributed by atoms with Crippen LogP contribution in [0.25, 0.3) is 11.1 Å². The lowest BCUT2D eigenvalue weighted by atomic mass is 9.94. The Morgan fingerprint density at radius 3 is 2.32 bits per heavy atom. The smallest absolute Gasteiger partial charge is 0.305 e. The number of rotatable bonds is 16. The number of esters is 1. The quantitative estimate of drug-likeness (QED) is 0.169. The molecule has 2 aromatic rings. The number of ether oxygens (including phenoxy) is 3. The number of benzene rings is 2. The third kappa shape index (κ3) is 9.91. The van der Waals surface area contributed by atoms with Gasteiger partial charge in [0.05, 0.1) is 18.8 Å². The average Bonchev–Trinajstić information content (AvgIpc) is 2.93. The van der Waals surface area contributed by atoms with Crippen molar-refractivity contribution >= 4 is 17.6 Å². The van der Waals surface area contributed by atoms with Gasteiger partial charge in [0.15, 0.2) is 0 Å². The summed E-state index contributed by atoms with van der Waals surface area (Å²) in [5.74, 6) is 0.610. The van der Waals surface area contributed by atoms with Crippen molar-refractivity contribution in [2.45, 2.75) is 109 Å². The van der Waals surface area contributed by atoms with Gasteiger partial charge in [-0.3, -0.25) is 4.79 Å². The first kappa shape index (κ1) is 30.5. The molecule has 6 heteroatoms. The molecule has 0 amide bonds. The van der Waals surface area contributed by atoms with E-state index in [4.69, 9.17) is 25.8 Å². The second kappa shape index (κ2) is 16.8. The molecule has 3 rings (SSSR count). The van der Waals surface area contributed by atoms with Gasteiger partial charge in [-0.05, 0) is 61.6 Å². The lowest BCUT2D eigenvalue weighted by Crippen LogP contribution is -2.39. The number of aliphatic hydroxyl groups excluding tert-OH is 1. The zero-order chi connectivity index (χ0) is 27.2. The predicted octanol–water partition coefficient (Wildman–Crippen LogP) is 8.45. The molecule has 38 heavy (non-hydrogen) atoms. The molecule has 0 aromatic heterocycles. The highest BCUT2D eigenvalue weighted by Gasteiger charge is 2.32. The molecule has 0 spiro atoms. The molecule has 1 fully saturated rings. The van der Waals surface area contributed by atoms with Gasteiger partial charge in [-0.25, -0.2) is 0 Å². The van der Waals surface area contributed by atoms with Crippen LogP contribution in [0.1, 0.15) is 103 Å². The van der Waals surface area contributed by atoms with Crippen LogP contribution in [0, 0.1) is 0 Å². The third-order valence-corrected chi connectivity index (χ3v) is 7.55. The van der Waals surface area contributed by atoms with Crippen molar-refractivity contribution in [2.24, 2.45) is 0 Å². The number of carbonyl (C=O) groups is 1. The molecular formula is C32H45ClO5. The Balaban J connectivity index is 1.45. The molecular weight excluding hydrogens is 500 g/mol. The monoisotopic (exact) mass is 544 g/mol. The molecule has 3 atom stereocenters. The number of unbranched alkanes of at least 4 members (excludes halogenated alkanes) is 8. The minimum atomic E-state index is -0.648. The van der Waals surface area contributed by atoms with Gasteiger partial charge in [0, 0.05) is 17.0 Å². The summed E-state index contributed by atoms with van der Waals surface area (Å²) < 4.78 is 17.3. The van der Waals surface area contributed by atoms with Gasteiger partial charge in [-0.15, -0.1) is 0 Å². The summed E-state index contributed by atoms with van der Waals surface area (Å²) in [6.45, 7) is 4.89. The Bertz CT molecular complexity index is 961. The van der Waals surface area contributed by atoms with Crippen LogP contribution in [0.2, 0.25) is 5.02 Å². The summed E-state index contributed by atoms with van der Waals surface area (Å²) in [5, 5.41) is 11.2. The summed E-state index contributed by atoms with van der Waals surface area (Å²) in [6, 6.07) is 13.8. The van der Waals surface area contributed by atoms with Gasteiger partial charge in [-0.2, -0.15) is 0 Å². The van der Waals surface area contributed by atoms with E-state index in [1.54, 1.807) is 0 Å². The highest BCUT2D eigenvalue weighted by Crippen LogP contribution is 2.37. The van der Waals surface area contributed by atoms with E-state index in [9.17, 15) is 9.90 Å². The van der Waals surface area contributed by atoms with Crippen LogP contribution in [-0.2, 0) is 14.3 Å². The van der Waals surface area contributed by atoms with Crippen molar-refractivity contribution in [3.63, 3.8) is 0 Å². The van der Waals surface area contributed by atoms with Crippen molar-refractivity contribution in [3.05, 3.63) is 53.1 Å².